The maximum atomic E-state index is 12.3. The van der Waals surface area contributed by atoms with Gasteiger partial charge in [-0.15, -0.1) is 0 Å². The summed E-state index contributed by atoms with van der Waals surface area (Å²) in [6.45, 7) is 5.73. The molecule has 0 radical (unpaired) electrons. The molecule has 0 aliphatic carbocycles. The molecule has 24 heavy (non-hydrogen) atoms. The number of fused-ring (bicyclic) bond motifs is 4. The van der Waals surface area contributed by atoms with Crippen LogP contribution in [0.25, 0.3) is 0 Å². The number of aliphatic hydroxyl groups is 1. The fourth-order valence-corrected chi connectivity index (χ4v) is 3.54. The van der Waals surface area contributed by atoms with E-state index in [-0.39, 0.29) is 48.7 Å². The Kier molecular flexibility index (Phi) is 4.69. The zero-order valence-corrected chi connectivity index (χ0v) is 13.7. The topological polar surface area (TPSA) is 89.9 Å². The van der Waals surface area contributed by atoms with Crippen LogP contribution < -0.4 is 0 Å². The van der Waals surface area contributed by atoms with E-state index in [2.05, 4.69) is 6.58 Å². The van der Waals surface area contributed by atoms with Crippen LogP contribution in [0.1, 0.15) is 39.0 Å². The van der Waals surface area contributed by atoms with E-state index in [1.54, 1.807) is 6.08 Å². The first-order valence-electron chi connectivity index (χ1n) is 8.29. The molecule has 6 heteroatoms. The maximum Gasteiger partial charge on any atom is 0.336 e. The molecule has 0 aromatic heterocycles. The fourth-order valence-electron chi connectivity index (χ4n) is 3.54. The summed E-state index contributed by atoms with van der Waals surface area (Å²) in [5, 5.41) is 10.4. The number of ketones is 2. The number of hydrogen-bond acceptors (Lipinski definition) is 6. The molecular weight excluding hydrogens is 312 g/mol. The van der Waals surface area contributed by atoms with Gasteiger partial charge in [0.25, 0.3) is 0 Å². The number of Topliss-reactive ketones (excluding diaryl/α,β-unsaturated/α-hetero) is 2. The SMILES string of the molecule is C=C(C)[C@H]1C/C=C2/C(=O)O[C@H](C[C@H]3CC(=O)[C@@H](CC(=O)C1)O3)[C@H]2O. The van der Waals surface area contributed by atoms with E-state index in [1.165, 1.54) is 0 Å². The van der Waals surface area contributed by atoms with Crippen molar-refractivity contribution in [1.29, 1.82) is 0 Å². The highest BCUT2D eigenvalue weighted by molar-refractivity contribution is 5.93. The number of carbonyl (C=O) groups excluding carboxylic acids is 3. The average molecular weight is 334 g/mol. The summed E-state index contributed by atoms with van der Waals surface area (Å²) in [5.41, 5.74) is 1.04. The second kappa shape index (κ2) is 6.61. The first kappa shape index (κ1) is 17.0. The molecule has 3 heterocycles. The lowest BCUT2D eigenvalue weighted by molar-refractivity contribution is -0.141. The van der Waals surface area contributed by atoms with Crippen molar-refractivity contribution in [1.82, 2.24) is 0 Å². The third-order valence-electron chi connectivity index (χ3n) is 5.01. The van der Waals surface area contributed by atoms with Gasteiger partial charge in [-0.1, -0.05) is 18.2 Å². The predicted octanol–water partition coefficient (Wildman–Crippen LogP) is 1.26. The lowest BCUT2D eigenvalue weighted by atomic mass is 9.89. The Bertz CT molecular complexity index is 619. The Hall–Kier alpha value is -1.79. The fraction of sp³-hybridized carbons (Fsp3) is 0.611. The van der Waals surface area contributed by atoms with E-state index in [0.717, 1.165) is 5.57 Å². The first-order valence-corrected chi connectivity index (χ1v) is 8.29. The van der Waals surface area contributed by atoms with E-state index in [0.29, 0.717) is 6.42 Å². The van der Waals surface area contributed by atoms with Gasteiger partial charge in [0.2, 0.25) is 0 Å². The highest BCUT2D eigenvalue weighted by Gasteiger charge is 2.43. The van der Waals surface area contributed by atoms with Crippen molar-refractivity contribution < 1.29 is 29.0 Å². The number of rotatable bonds is 1. The van der Waals surface area contributed by atoms with Gasteiger partial charge in [-0.25, -0.2) is 4.79 Å². The minimum atomic E-state index is -1.03. The minimum Gasteiger partial charge on any atom is -0.456 e. The molecule has 2 fully saturated rings. The zero-order chi connectivity index (χ0) is 17.4. The van der Waals surface area contributed by atoms with Crippen LogP contribution in [-0.2, 0) is 23.9 Å². The van der Waals surface area contributed by atoms with Gasteiger partial charge in [-0.05, 0) is 19.3 Å². The highest BCUT2D eigenvalue weighted by atomic mass is 16.6. The van der Waals surface area contributed by atoms with Crippen molar-refractivity contribution in [3.63, 3.8) is 0 Å². The smallest absolute Gasteiger partial charge is 0.336 e. The zero-order valence-electron chi connectivity index (χ0n) is 13.7. The summed E-state index contributed by atoms with van der Waals surface area (Å²) < 4.78 is 10.9. The van der Waals surface area contributed by atoms with E-state index in [4.69, 9.17) is 9.47 Å². The predicted molar refractivity (Wildman–Crippen MR) is 84.0 cm³/mol. The Balaban J connectivity index is 1.89. The first-order chi connectivity index (χ1) is 11.3. The lowest BCUT2D eigenvalue weighted by Gasteiger charge is -2.17. The molecule has 0 saturated carbocycles. The molecule has 6 nitrogen and oxygen atoms in total. The summed E-state index contributed by atoms with van der Waals surface area (Å²) in [6.07, 6.45) is -0.0616. The number of esters is 1. The van der Waals surface area contributed by atoms with Crippen molar-refractivity contribution in [2.24, 2.45) is 5.92 Å². The summed E-state index contributed by atoms with van der Waals surface area (Å²) in [7, 11) is 0. The minimum absolute atomic E-state index is 0.0482. The largest absolute Gasteiger partial charge is 0.456 e. The highest BCUT2D eigenvalue weighted by Crippen LogP contribution is 2.32. The second-order valence-electron chi connectivity index (χ2n) is 6.93. The van der Waals surface area contributed by atoms with Crippen LogP contribution >= 0.6 is 0 Å². The van der Waals surface area contributed by atoms with E-state index < -0.39 is 30.4 Å². The quantitative estimate of drug-likeness (QED) is 0.573. The van der Waals surface area contributed by atoms with Crippen LogP contribution in [0.5, 0.6) is 0 Å². The third-order valence-corrected chi connectivity index (χ3v) is 5.01. The van der Waals surface area contributed by atoms with Gasteiger partial charge in [0.15, 0.2) is 5.78 Å². The summed E-state index contributed by atoms with van der Waals surface area (Å²) in [4.78, 5) is 36.3. The van der Waals surface area contributed by atoms with Gasteiger partial charge in [0.05, 0.1) is 11.7 Å². The van der Waals surface area contributed by atoms with Crippen LogP contribution in [0.3, 0.4) is 0 Å². The number of aliphatic hydroxyl groups excluding tert-OH is 1. The molecule has 130 valence electrons. The van der Waals surface area contributed by atoms with Gasteiger partial charge >= 0.3 is 5.97 Å². The van der Waals surface area contributed by atoms with Crippen LogP contribution in [0.4, 0.5) is 0 Å². The molecule has 0 aromatic carbocycles. The van der Waals surface area contributed by atoms with Gasteiger partial charge in [0.1, 0.15) is 24.1 Å². The molecule has 3 aliphatic heterocycles. The van der Waals surface area contributed by atoms with Crippen LogP contribution in [0, 0.1) is 5.92 Å². The monoisotopic (exact) mass is 334 g/mol. The van der Waals surface area contributed by atoms with Crippen molar-refractivity contribution in [2.75, 3.05) is 0 Å². The number of hydrogen-bond donors (Lipinski definition) is 1. The van der Waals surface area contributed by atoms with Crippen molar-refractivity contribution in [3.8, 4) is 0 Å². The summed E-state index contributed by atoms with van der Waals surface area (Å²) in [5.74, 6) is -0.839. The molecule has 4 bridgehead atoms. The number of carbonyl (C=O) groups is 3. The standard InChI is InChI=1S/C18H22O6/c1-9(2)10-3-4-13-17(21)16(24-18(13)22)8-12-7-14(20)15(23-12)6-11(19)5-10/h4,10,12,15-17,21H,1,3,5-8H2,2H3/b13-4+/t10-,12+,15+,16+,17-/m0/s1. The van der Waals surface area contributed by atoms with Gasteiger partial charge in [0, 0.05) is 25.7 Å². The van der Waals surface area contributed by atoms with Gasteiger partial charge in [-0.3, -0.25) is 9.59 Å². The summed E-state index contributed by atoms with van der Waals surface area (Å²) >= 11 is 0. The molecule has 1 N–H and O–H groups in total. The van der Waals surface area contributed by atoms with E-state index in [1.807, 2.05) is 6.92 Å². The van der Waals surface area contributed by atoms with E-state index in [9.17, 15) is 19.5 Å². The van der Waals surface area contributed by atoms with Crippen molar-refractivity contribution >= 4 is 17.5 Å². The molecule has 0 aromatic rings. The number of allylic oxidation sites excluding steroid dienone is 2. The molecule has 2 saturated heterocycles. The molecule has 3 aliphatic rings. The molecule has 3 rings (SSSR count). The molecule has 0 spiro atoms. The van der Waals surface area contributed by atoms with Crippen molar-refractivity contribution in [2.45, 2.75) is 63.4 Å². The van der Waals surface area contributed by atoms with Crippen LogP contribution in [-0.4, -0.2) is 47.1 Å². The molecular formula is C18H22O6. The van der Waals surface area contributed by atoms with Crippen LogP contribution in [0.15, 0.2) is 23.8 Å². The Morgan fingerprint density at radius 2 is 2.00 bits per heavy atom. The summed E-state index contributed by atoms with van der Waals surface area (Å²) in [6, 6.07) is 0. The van der Waals surface area contributed by atoms with E-state index >= 15 is 0 Å². The normalized spacial score (nSPS) is 39.3. The Morgan fingerprint density at radius 1 is 1.25 bits per heavy atom. The van der Waals surface area contributed by atoms with Gasteiger partial charge in [-0.2, -0.15) is 0 Å². The van der Waals surface area contributed by atoms with Crippen molar-refractivity contribution in [3.05, 3.63) is 23.8 Å². The van der Waals surface area contributed by atoms with Crippen LogP contribution in [0.2, 0.25) is 0 Å². The Morgan fingerprint density at radius 3 is 2.71 bits per heavy atom. The van der Waals surface area contributed by atoms with Gasteiger partial charge < -0.3 is 14.6 Å². The molecule has 5 atom stereocenters. The lowest BCUT2D eigenvalue weighted by Crippen LogP contribution is -2.27. The average Bonchev–Trinajstić information content (AvgIpc) is 2.96. The number of ether oxygens (including phenoxy) is 2. The Labute approximate surface area is 140 Å². The molecule has 0 amide bonds. The maximum absolute atomic E-state index is 12.3. The third kappa shape index (κ3) is 3.35. The molecule has 0 unspecified atom stereocenters. The second-order valence-corrected chi connectivity index (χ2v) is 6.93.